The third-order valence-electron chi connectivity index (χ3n) is 3.69. The Labute approximate surface area is 111 Å². The zero-order valence-corrected chi connectivity index (χ0v) is 11.8. The summed E-state index contributed by atoms with van der Waals surface area (Å²) in [6.45, 7) is 7.50. The maximum atomic E-state index is 5.87. The molecule has 100 valence electrons. The van der Waals surface area contributed by atoms with Gasteiger partial charge in [0.15, 0.2) is 0 Å². The molecule has 18 heavy (non-hydrogen) atoms. The van der Waals surface area contributed by atoms with E-state index in [4.69, 9.17) is 4.74 Å². The fraction of sp³-hybridized carbons (Fsp3) is 0.625. The van der Waals surface area contributed by atoms with Gasteiger partial charge in [-0.25, -0.2) is 0 Å². The van der Waals surface area contributed by atoms with Crippen molar-refractivity contribution in [1.82, 2.24) is 5.32 Å². The van der Waals surface area contributed by atoms with Gasteiger partial charge >= 0.3 is 0 Å². The van der Waals surface area contributed by atoms with Crippen LogP contribution in [0.5, 0.6) is 5.75 Å². The highest BCUT2D eigenvalue weighted by Crippen LogP contribution is 2.28. The van der Waals surface area contributed by atoms with E-state index in [9.17, 15) is 0 Å². The minimum atomic E-state index is 0.227. The van der Waals surface area contributed by atoms with Gasteiger partial charge in [0.25, 0.3) is 0 Å². The number of para-hydroxylation sites is 1. The lowest BCUT2D eigenvalue weighted by molar-refractivity contribution is 0.236. The van der Waals surface area contributed by atoms with Gasteiger partial charge in [-0.2, -0.15) is 0 Å². The standard InChI is InChI=1S/C16H25NO/c1-12(2)18-16-10-5-4-9-15(16)13(3)17-11-14-7-6-8-14/h4-5,9-10,12-14,17H,6-8,11H2,1-3H3. The summed E-state index contributed by atoms with van der Waals surface area (Å²) >= 11 is 0. The maximum absolute atomic E-state index is 5.87. The van der Waals surface area contributed by atoms with Crippen molar-refractivity contribution in [2.45, 2.75) is 52.2 Å². The first kappa shape index (κ1) is 13.4. The largest absolute Gasteiger partial charge is 0.491 e. The summed E-state index contributed by atoms with van der Waals surface area (Å²) in [5.41, 5.74) is 1.27. The van der Waals surface area contributed by atoms with Crippen LogP contribution in [0.2, 0.25) is 0 Å². The normalized spacial score (nSPS) is 17.6. The molecule has 1 saturated carbocycles. The molecule has 1 aromatic carbocycles. The molecule has 2 heteroatoms. The van der Waals surface area contributed by atoms with Crippen LogP contribution in [0.4, 0.5) is 0 Å². The SMILES string of the molecule is CC(C)Oc1ccccc1C(C)NCC1CCC1. The minimum absolute atomic E-state index is 0.227. The van der Waals surface area contributed by atoms with Crippen LogP contribution >= 0.6 is 0 Å². The van der Waals surface area contributed by atoms with E-state index in [2.05, 4.69) is 44.3 Å². The summed E-state index contributed by atoms with van der Waals surface area (Å²) in [5.74, 6) is 1.91. The van der Waals surface area contributed by atoms with Crippen LogP contribution in [-0.2, 0) is 0 Å². The molecule has 0 saturated heterocycles. The number of hydrogen-bond donors (Lipinski definition) is 1. The summed E-state index contributed by atoms with van der Waals surface area (Å²) in [5, 5.41) is 3.63. The van der Waals surface area contributed by atoms with Gasteiger partial charge in [0.2, 0.25) is 0 Å². The van der Waals surface area contributed by atoms with Gasteiger partial charge in [-0.1, -0.05) is 24.6 Å². The fourth-order valence-electron chi connectivity index (χ4n) is 2.35. The van der Waals surface area contributed by atoms with Crippen LogP contribution in [0.1, 0.15) is 51.6 Å². The predicted octanol–water partition coefficient (Wildman–Crippen LogP) is 3.92. The molecule has 0 bridgehead atoms. The third kappa shape index (κ3) is 3.49. The van der Waals surface area contributed by atoms with Crippen molar-refractivity contribution in [1.29, 1.82) is 0 Å². The van der Waals surface area contributed by atoms with Crippen LogP contribution in [0.3, 0.4) is 0 Å². The molecular formula is C16H25NO. The topological polar surface area (TPSA) is 21.3 Å². The van der Waals surface area contributed by atoms with Crippen LogP contribution in [0.15, 0.2) is 24.3 Å². The van der Waals surface area contributed by atoms with Crippen molar-refractivity contribution in [3.05, 3.63) is 29.8 Å². The highest BCUT2D eigenvalue weighted by molar-refractivity contribution is 5.35. The molecule has 0 heterocycles. The number of nitrogens with one attached hydrogen (secondary N) is 1. The first-order chi connectivity index (χ1) is 8.66. The van der Waals surface area contributed by atoms with Crippen molar-refractivity contribution in [2.24, 2.45) is 5.92 Å². The molecule has 0 aromatic heterocycles. The van der Waals surface area contributed by atoms with E-state index in [1.54, 1.807) is 0 Å². The van der Waals surface area contributed by atoms with Crippen LogP contribution in [-0.4, -0.2) is 12.6 Å². The third-order valence-corrected chi connectivity index (χ3v) is 3.69. The molecule has 1 aliphatic carbocycles. The molecule has 0 aliphatic heterocycles. The number of rotatable bonds is 6. The van der Waals surface area contributed by atoms with E-state index in [1.807, 2.05) is 6.07 Å². The van der Waals surface area contributed by atoms with E-state index < -0.39 is 0 Å². The fourth-order valence-corrected chi connectivity index (χ4v) is 2.35. The first-order valence-electron chi connectivity index (χ1n) is 7.15. The van der Waals surface area contributed by atoms with Crippen molar-refractivity contribution >= 4 is 0 Å². The van der Waals surface area contributed by atoms with Crippen molar-refractivity contribution in [2.75, 3.05) is 6.54 Å². The molecular weight excluding hydrogens is 222 g/mol. The zero-order valence-electron chi connectivity index (χ0n) is 11.8. The predicted molar refractivity (Wildman–Crippen MR) is 76.0 cm³/mol. The molecule has 0 radical (unpaired) electrons. The Bertz CT molecular complexity index is 371. The lowest BCUT2D eigenvalue weighted by Gasteiger charge is -2.28. The Balaban J connectivity index is 1.96. The zero-order chi connectivity index (χ0) is 13.0. The quantitative estimate of drug-likeness (QED) is 0.822. The molecule has 0 amide bonds. The maximum Gasteiger partial charge on any atom is 0.124 e. The Morgan fingerprint density at radius 1 is 1.22 bits per heavy atom. The van der Waals surface area contributed by atoms with Gasteiger partial charge in [0.05, 0.1) is 6.10 Å². The number of ether oxygens (including phenoxy) is 1. The summed E-state index contributed by atoms with van der Waals surface area (Å²) in [6.07, 6.45) is 4.42. The lowest BCUT2D eigenvalue weighted by Crippen LogP contribution is -2.29. The second-order valence-corrected chi connectivity index (χ2v) is 5.63. The Hall–Kier alpha value is -1.02. The van der Waals surface area contributed by atoms with Crippen LogP contribution in [0, 0.1) is 5.92 Å². The second kappa shape index (κ2) is 6.24. The average molecular weight is 247 g/mol. The Morgan fingerprint density at radius 2 is 1.94 bits per heavy atom. The smallest absolute Gasteiger partial charge is 0.124 e. The Morgan fingerprint density at radius 3 is 2.56 bits per heavy atom. The highest BCUT2D eigenvalue weighted by Gasteiger charge is 2.19. The summed E-state index contributed by atoms with van der Waals surface area (Å²) in [4.78, 5) is 0. The number of hydrogen-bond acceptors (Lipinski definition) is 2. The van der Waals surface area contributed by atoms with E-state index in [1.165, 1.54) is 24.8 Å². The van der Waals surface area contributed by atoms with E-state index in [0.29, 0.717) is 6.04 Å². The van der Waals surface area contributed by atoms with Gasteiger partial charge in [-0.05, 0) is 52.1 Å². The minimum Gasteiger partial charge on any atom is -0.491 e. The van der Waals surface area contributed by atoms with Crippen LogP contribution < -0.4 is 10.1 Å². The monoisotopic (exact) mass is 247 g/mol. The van der Waals surface area contributed by atoms with E-state index >= 15 is 0 Å². The van der Waals surface area contributed by atoms with Gasteiger partial charge < -0.3 is 10.1 Å². The second-order valence-electron chi connectivity index (χ2n) is 5.63. The summed E-state index contributed by atoms with van der Waals surface area (Å²) < 4.78 is 5.87. The highest BCUT2D eigenvalue weighted by atomic mass is 16.5. The molecule has 1 N–H and O–H groups in total. The van der Waals surface area contributed by atoms with Crippen LogP contribution in [0.25, 0.3) is 0 Å². The molecule has 1 unspecified atom stereocenters. The molecule has 1 atom stereocenters. The molecule has 2 nitrogen and oxygen atoms in total. The molecule has 1 aromatic rings. The van der Waals surface area contributed by atoms with E-state index in [-0.39, 0.29) is 6.10 Å². The first-order valence-corrected chi connectivity index (χ1v) is 7.15. The molecule has 0 spiro atoms. The van der Waals surface area contributed by atoms with Crippen molar-refractivity contribution in [3.63, 3.8) is 0 Å². The van der Waals surface area contributed by atoms with Gasteiger partial charge in [-0.3, -0.25) is 0 Å². The summed E-state index contributed by atoms with van der Waals surface area (Å²) in [6, 6.07) is 8.72. The molecule has 1 aliphatic rings. The molecule has 2 rings (SSSR count). The van der Waals surface area contributed by atoms with Gasteiger partial charge in [0, 0.05) is 11.6 Å². The Kier molecular flexibility index (Phi) is 4.65. The lowest BCUT2D eigenvalue weighted by atomic mass is 9.85. The van der Waals surface area contributed by atoms with Gasteiger partial charge in [0.1, 0.15) is 5.75 Å². The summed E-state index contributed by atoms with van der Waals surface area (Å²) in [7, 11) is 0. The number of benzene rings is 1. The van der Waals surface area contributed by atoms with Gasteiger partial charge in [-0.15, -0.1) is 0 Å². The molecule has 1 fully saturated rings. The average Bonchev–Trinajstić information content (AvgIpc) is 2.26. The van der Waals surface area contributed by atoms with E-state index in [0.717, 1.165) is 18.2 Å². The van der Waals surface area contributed by atoms with Crippen molar-refractivity contribution in [3.8, 4) is 5.75 Å². The van der Waals surface area contributed by atoms with Crippen molar-refractivity contribution < 1.29 is 4.74 Å².